The van der Waals surface area contributed by atoms with Gasteiger partial charge in [-0.05, 0) is 54.4 Å². The van der Waals surface area contributed by atoms with Gasteiger partial charge in [0, 0.05) is 19.1 Å². The number of nitrogens with zero attached hydrogens (tertiary/aromatic N) is 1. The third-order valence-electron chi connectivity index (χ3n) is 4.96. The number of phenols is 2. The van der Waals surface area contributed by atoms with Crippen molar-refractivity contribution in [3.8, 4) is 11.5 Å². The van der Waals surface area contributed by atoms with Crippen LogP contribution in [0.15, 0.2) is 12.1 Å². The first-order valence-electron chi connectivity index (χ1n) is 7.92. The van der Waals surface area contributed by atoms with E-state index in [2.05, 4.69) is 18.7 Å². The monoisotopic (exact) mass is 291 g/mol. The Morgan fingerprint density at radius 3 is 2.67 bits per heavy atom. The van der Waals surface area contributed by atoms with E-state index in [1.807, 2.05) is 0 Å². The summed E-state index contributed by atoms with van der Waals surface area (Å²) in [6.07, 6.45) is 2.38. The molecule has 0 bridgehead atoms. The normalized spacial score (nSPS) is 29.2. The molecular formula is C17H25NO3. The van der Waals surface area contributed by atoms with E-state index < -0.39 is 0 Å². The molecule has 0 amide bonds. The van der Waals surface area contributed by atoms with Gasteiger partial charge in [0.25, 0.3) is 0 Å². The lowest BCUT2D eigenvalue weighted by molar-refractivity contribution is -0.0191. The van der Waals surface area contributed by atoms with Gasteiger partial charge in [-0.15, -0.1) is 0 Å². The summed E-state index contributed by atoms with van der Waals surface area (Å²) in [6.45, 7) is 6.28. The Labute approximate surface area is 126 Å². The quantitative estimate of drug-likeness (QED) is 0.732. The molecule has 0 spiro atoms. The summed E-state index contributed by atoms with van der Waals surface area (Å²) in [4.78, 5) is 2.43. The zero-order chi connectivity index (χ0) is 15.1. The highest BCUT2D eigenvalue weighted by atomic mass is 16.3. The number of aliphatic hydroxyl groups excluding tert-OH is 1. The number of hydrogen-bond acceptors (Lipinski definition) is 4. The molecule has 1 aromatic carbocycles. The summed E-state index contributed by atoms with van der Waals surface area (Å²) >= 11 is 0. The van der Waals surface area contributed by atoms with Crippen LogP contribution in [0.2, 0.25) is 0 Å². The lowest BCUT2D eigenvalue weighted by Gasteiger charge is -2.46. The lowest BCUT2D eigenvalue weighted by Crippen LogP contribution is -2.48. The van der Waals surface area contributed by atoms with E-state index in [9.17, 15) is 15.3 Å². The summed E-state index contributed by atoms with van der Waals surface area (Å²) < 4.78 is 0. The number of aliphatic hydroxyl groups is 1. The number of phenolic OH excluding ortho intramolecular Hbond substituents is 2. The number of piperidine rings is 1. The van der Waals surface area contributed by atoms with Crippen LogP contribution in [0.5, 0.6) is 11.5 Å². The van der Waals surface area contributed by atoms with Crippen LogP contribution < -0.4 is 0 Å². The molecule has 116 valence electrons. The Morgan fingerprint density at radius 1 is 1.24 bits per heavy atom. The van der Waals surface area contributed by atoms with E-state index in [-0.39, 0.29) is 23.6 Å². The van der Waals surface area contributed by atoms with Crippen molar-refractivity contribution < 1.29 is 15.3 Å². The fourth-order valence-electron chi connectivity index (χ4n) is 3.96. The number of benzene rings is 1. The Hall–Kier alpha value is -1.26. The molecule has 1 saturated heterocycles. The van der Waals surface area contributed by atoms with Crippen LogP contribution in [0, 0.1) is 11.8 Å². The van der Waals surface area contributed by atoms with Gasteiger partial charge in [-0.3, -0.25) is 4.90 Å². The summed E-state index contributed by atoms with van der Waals surface area (Å²) in [5.74, 6) is 0.832. The predicted octanol–water partition coefficient (Wildman–Crippen LogP) is 2.42. The van der Waals surface area contributed by atoms with E-state index in [1.165, 1.54) is 0 Å². The largest absolute Gasteiger partial charge is 0.504 e. The second-order valence-corrected chi connectivity index (χ2v) is 6.99. The first-order chi connectivity index (χ1) is 9.95. The highest BCUT2D eigenvalue weighted by Gasteiger charge is 2.38. The highest BCUT2D eigenvalue weighted by molar-refractivity contribution is 5.48. The molecule has 3 atom stereocenters. The number of aromatic hydroxyl groups is 2. The Bertz CT molecular complexity index is 529. The maximum atomic E-state index is 10.5. The van der Waals surface area contributed by atoms with Crippen molar-refractivity contribution >= 4 is 0 Å². The molecule has 1 unspecified atom stereocenters. The highest BCUT2D eigenvalue weighted by Crippen LogP contribution is 2.42. The molecular weight excluding hydrogens is 266 g/mol. The molecule has 21 heavy (non-hydrogen) atoms. The van der Waals surface area contributed by atoms with Crippen molar-refractivity contribution in [3.63, 3.8) is 0 Å². The molecule has 0 aliphatic carbocycles. The second kappa shape index (κ2) is 5.50. The Kier molecular flexibility index (Phi) is 3.84. The van der Waals surface area contributed by atoms with Gasteiger partial charge < -0.3 is 15.3 Å². The van der Waals surface area contributed by atoms with Gasteiger partial charge in [0.15, 0.2) is 11.5 Å². The number of hydrogen-bond donors (Lipinski definition) is 3. The first-order valence-corrected chi connectivity index (χ1v) is 7.92. The lowest BCUT2D eigenvalue weighted by atomic mass is 9.79. The van der Waals surface area contributed by atoms with Gasteiger partial charge in [0.2, 0.25) is 0 Å². The average molecular weight is 291 g/mol. The fraction of sp³-hybridized carbons (Fsp3) is 0.647. The van der Waals surface area contributed by atoms with E-state index in [0.29, 0.717) is 18.3 Å². The third-order valence-corrected chi connectivity index (χ3v) is 4.96. The fourth-order valence-corrected chi connectivity index (χ4v) is 3.96. The minimum atomic E-state index is -0.282. The summed E-state index contributed by atoms with van der Waals surface area (Å²) in [5.41, 5.74) is 2.17. The minimum Gasteiger partial charge on any atom is -0.504 e. The molecule has 0 radical (unpaired) electrons. The number of rotatable bonds is 2. The summed E-state index contributed by atoms with van der Waals surface area (Å²) in [6, 6.07) is 3.52. The smallest absolute Gasteiger partial charge is 0.157 e. The predicted molar refractivity (Wildman–Crippen MR) is 81.4 cm³/mol. The summed E-state index contributed by atoms with van der Waals surface area (Å²) in [7, 11) is 0. The topological polar surface area (TPSA) is 63.9 Å². The van der Waals surface area contributed by atoms with Crippen molar-refractivity contribution in [2.24, 2.45) is 11.8 Å². The zero-order valence-corrected chi connectivity index (χ0v) is 12.8. The maximum absolute atomic E-state index is 10.5. The van der Waals surface area contributed by atoms with Crippen LogP contribution in [0.3, 0.4) is 0 Å². The van der Waals surface area contributed by atoms with E-state index in [0.717, 1.165) is 37.1 Å². The van der Waals surface area contributed by atoms with Crippen molar-refractivity contribution in [1.82, 2.24) is 4.90 Å². The molecule has 2 aliphatic rings. The molecule has 4 nitrogen and oxygen atoms in total. The van der Waals surface area contributed by atoms with Crippen LogP contribution in [0.4, 0.5) is 0 Å². The van der Waals surface area contributed by atoms with Gasteiger partial charge in [-0.25, -0.2) is 0 Å². The zero-order valence-electron chi connectivity index (χ0n) is 12.8. The molecule has 3 rings (SSSR count). The van der Waals surface area contributed by atoms with Crippen molar-refractivity contribution in [1.29, 1.82) is 0 Å². The molecule has 1 fully saturated rings. The molecule has 0 saturated carbocycles. The van der Waals surface area contributed by atoms with Gasteiger partial charge in [0.1, 0.15) is 0 Å². The minimum absolute atomic E-state index is 0.0451. The molecule has 0 aromatic heterocycles. The van der Waals surface area contributed by atoms with Crippen LogP contribution >= 0.6 is 0 Å². The van der Waals surface area contributed by atoms with Gasteiger partial charge in [-0.2, -0.15) is 0 Å². The van der Waals surface area contributed by atoms with Crippen LogP contribution in [-0.2, 0) is 6.42 Å². The van der Waals surface area contributed by atoms with Crippen molar-refractivity contribution in [2.75, 3.05) is 13.1 Å². The van der Waals surface area contributed by atoms with E-state index in [4.69, 9.17) is 0 Å². The molecule has 3 N–H and O–H groups in total. The van der Waals surface area contributed by atoms with Crippen molar-refractivity contribution in [3.05, 3.63) is 23.3 Å². The molecule has 1 aromatic rings. The third kappa shape index (κ3) is 2.74. The first kappa shape index (κ1) is 14.7. The second-order valence-electron chi connectivity index (χ2n) is 6.99. The van der Waals surface area contributed by atoms with Crippen LogP contribution in [0.1, 0.15) is 43.9 Å². The van der Waals surface area contributed by atoms with Gasteiger partial charge >= 0.3 is 0 Å². The molecule has 2 aliphatic heterocycles. The maximum Gasteiger partial charge on any atom is 0.157 e. The standard InChI is InChI=1S/C17H25NO3/c1-10(2)5-12-9-18-4-3-11-6-16(20)17(21)7-13(11)14(18)8-15(12)19/h6-7,10,12,14-15,19-21H,3-5,8-9H2,1-2H3/t12-,14+,15?/m0/s1. The number of fused-ring (bicyclic) bond motifs is 3. The van der Waals surface area contributed by atoms with E-state index in [1.54, 1.807) is 12.1 Å². The summed E-state index contributed by atoms with van der Waals surface area (Å²) in [5, 5.41) is 29.9. The van der Waals surface area contributed by atoms with Gasteiger partial charge in [0.05, 0.1) is 6.10 Å². The SMILES string of the molecule is CC(C)C[C@H]1CN2CCc3cc(O)c(O)cc3[C@H]2CC1O. The van der Waals surface area contributed by atoms with Gasteiger partial charge in [-0.1, -0.05) is 13.8 Å². The van der Waals surface area contributed by atoms with Crippen LogP contribution in [-0.4, -0.2) is 39.4 Å². The Balaban J connectivity index is 1.85. The van der Waals surface area contributed by atoms with E-state index >= 15 is 0 Å². The average Bonchev–Trinajstić information content (AvgIpc) is 2.41. The molecule has 4 heteroatoms. The molecule has 2 heterocycles. The Morgan fingerprint density at radius 2 is 1.95 bits per heavy atom. The van der Waals surface area contributed by atoms with Crippen LogP contribution in [0.25, 0.3) is 0 Å². The van der Waals surface area contributed by atoms with Crippen molar-refractivity contribution in [2.45, 2.75) is 45.3 Å².